The molecule has 0 spiro atoms. The molecule has 0 saturated carbocycles. The average molecular weight is 353 g/mol. The summed E-state index contributed by atoms with van der Waals surface area (Å²) in [4.78, 5) is 25.4. The normalized spacial score (nSPS) is 17.3. The Hall–Kier alpha value is -3.46. The highest BCUT2D eigenvalue weighted by Gasteiger charge is 2.25. The van der Waals surface area contributed by atoms with Crippen molar-refractivity contribution >= 4 is 23.0 Å². The minimum atomic E-state index is -0.359. The Labute approximate surface area is 158 Å². The second-order valence-electron chi connectivity index (χ2n) is 6.52. The molecule has 0 radical (unpaired) electrons. The van der Waals surface area contributed by atoms with E-state index in [2.05, 4.69) is 5.32 Å². The SMILES string of the molecule is O=C1CCc2ccccc2/C(c2ccccc2)=C(/c2ccccc2)C(=O)N1. The van der Waals surface area contributed by atoms with Gasteiger partial charge in [-0.3, -0.25) is 14.9 Å². The van der Waals surface area contributed by atoms with E-state index in [0.717, 1.165) is 27.8 Å². The number of carbonyl (C=O) groups excluding carboxylic acids is 2. The van der Waals surface area contributed by atoms with Gasteiger partial charge in [-0.05, 0) is 28.7 Å². The van der Waals surface area contributed by atoms with Gasteiger partial charge < -0.3 is 0 Å². The van der Waals surface area contributed by atoms with Gasteiger partial charge in [0.1, 0.15) is 0 Å². The molecular weight excluding hydrogens is 334 g/mol. The van der Waals surface area contributed by atoms with Crippen LogP contribution in [0.15, 0.2) is 84.9 Å². The number of carbonyl (C=O) groups is 2. The van der Waals surface area contributed by atoms with Crippen LogP contribution < -0.4 is 5.32 Å². The third kappa shape index (κ3) is 3.44. The Morgan fingerprint density at radius 1 is 0.593 bits per heavy atom. The molecule has 1 aliphatic rings. The molecule has 1 heterocycles. The van der Waals surface area contributed by atoms with Crippen LogP contribution in [-0.2, 0) is 16.0 Å². The summed E-state index contributed by atoms with van der Waals surface area (Å²) < 4.78 is 0. The lowest BCUT2D eigenvalue weighted by Crippen LogP contribution is -2.31. The van der Waals surface area contributed by atoms with E-state index < -0.39 is 0 Å². The smallest absolute Gasteiger partial charge is 0.259 e. The Balaban J connectivity index is 2.10. The molecule has 27 heavy (non-hydrogen) atoms. The van der Waals surface area contributed by atoms with Gasteiger partial charge in [0.05, 0.1) is 5.57 Å². The van der Waals surface area contributed by atoms with Crippen LogP contribution in [0, 0.1) is 0 Å². The van der Waals surface area contributed by atoms with Crippen LogP contribution in [0.3, 0.4) is 0 Å². The predicted octanol–water partition coefficient (Wildman–Crippen LogP) is 4.23. The summed E-state index contributed by atoms with van der Waals surface area (Å²) in [5, 5.41) is 2.57. The number of benzene rings is 3. The minimum Gasteiger partial charge on any atom is -0.292 e. The van der Waals surface area contributed by atoms with Gasteiger partial charge in [-0.15, -0.1) is 0 Å². The van der Waals surface area contributed by atoms with Crippen LogP contribution in [-0.4, -0.2) is 11.8 Å². The van der Waals surface area contributed by atoms with Crippen molar-refractivity contribution < 1.29 is 9.59 Å². The number of fused-ring (bicyclic) bond motifs is 1. The summed E-state index contributed by atoms with van der Waals surface area (Å²) in [5.41, 5.74) is 5.17. The molecule has 3 heteroatoms. The molecule has 3 nitrogen and oxygen atoms in total. The van der Waals surface area contributed by atoms with Crippen LogP contribution in [0.25, 0.3) is 11.1 Å². The van der Waals surface area contributed by atoms with Gasteiger partial charge in [0, 0.05) is 12.0 Å². The van der Waals surface area contributed by atoms with Gasteiger partial charge in [0.2, 0.25) is 5.91 Å². The van der Waals surface area contributed by atoms with E-state index >= 15 is 0 Å². The van der Waals surface area contributed by atoms with Crippen molar-refractivity contribution in [1.82, 2.24) is 5.32 Å². The molecule has 4 rings (SSSR count). The number of hydrogen-bond acceptors (Lipinski definition) is 2. The number of hydrogen-bond donors (Lipinski definition) is 1. The molecule has 0 saturated heterocycles. The largest absolute Gasteiger partial charge is 0.292 e. The predicted molar refractivity (Wildman–Crippen MR) is 107 cm³/mol. The van der Waals surface area contributed by atoms with Gasteiger partial charge >= 0.3 is 0 Å². The van der Waals surface area contributed by atoms with Crippen LogP contribution in [0.4, 0.5) is 0 Å². The molecule has 0 fully saturated rings. The van der Waals surface area contributed by atoms with Gasteiger partial charge in [-0.25, -0.2) is 0 Å². The van der Waals surface area contributed by atoms with E-state index in [-0.39, 0.29) is 18.2 Å². The second-order valence-corrected chi connectivity index (χ2v) is 6.52. The van der Waals surface area contributed by atoms with E-state index in [1.807, 2.05) is 84.9 Å². The average Bonchev–Trinajstić information content (AvgIpc) is 2.76. The summed E-state index contributed by atoms with van der Waals surface area (Å²) in [5.74, 6) is -0.612. The fourth-order valence-corrected chi connectivity index (χ4v) is 3.52. The quantitative estimate of drug-likeness (QED) is 0.701. The molecule has 132 valence electrons. The zero-order chi connectivity index (χ0) is 18.6. The molecule has 1 aliphatic heterocycles. The number of aryl methyl sites for hydroxylation is 1. The van der Waals surface area contributed by atoms with Crippen molar-refractivity contribution in [2.45, 2.75) is 12.8 Å². The molecule has 3 aromatic rings. The number of nitrogens with one attached hydrogen (secondary N) is 1. The Morgan fingerprint density at radius 3 is 1.81 bits per heavy atom. The molecular formula is C24H19NO2. The summed E-state index contributed by atoms with van der Waals surface area (Å²) in [6.07, 6.45) is 0.876. The maximum Gasteiger partial charge on any atom is 0.259 e. The van der Waals surface area contributed by atoms with Crippen LogP contribution >= 0.6 is 0 Å². The van der Waals surface area contributed by atoms with E-state index in [9.17, 15) is 9.59 Å². The molecule has 0 atom stereocenters. The summed E-state index contributed by atoms with van der Waals surface area (Å²) in [7, 11) is 0. The van der Waals surface area contributed by atoms with E-state index in [0.29, 0.717) is 12.0 Å². The van der Waals surface area contributed by atoms with Crippen LogP contribution in [0.2, 0.25) is 0 Å². The Morgan fingerprint density at radius 2 is 1.15 bits per heavy atom. The van der Waals surface area contributed by atoms with Crippen molar-refractivity contribution in [3.05, 3.63) is 107 Å². The number of imide groups is 1. The highest BCUT2D eigenvalue weighted by Crippen LogP contribution is 2.35. The van der Waals surface area contributed by atoms with Crippen molar-refractivity contribution in [1.29, 1.82) is 0 Å². The first-order valence-electron chi connectivity index (χ1n) is 9.01. The first kappa shape index (κ1) is 17.0. The van der Waals surface area contributed by atoms with Crippen molar-refractivity contribution in [2.24, 2.45) is 0 Å². The van der Waals surface area contributed by atoms with Gasteiger partial charge in [-0.1, -0.05) is 84.9 Å². The first-order chi connectivity index (χ1) is 13.2. The monoisotopic (exact) mass is 353 g/mol. The van der Waals surface area contributed by atoms with Crippen LogP contribution in [0.1, 0.15) is 28.7 Å². The summed E-state index contributed by atoms with van der Waals surface area (Å²) in [6, 6.07) is 27.4. The van der Waals surface area contributed by atoms with Gasteiger partial charge in [0.25, 0.3) is 5.91 Å². The topological polar surface area (TPSA) is 46.2 Å². The third-order valence-electron chi connectivity index (χ3n) is 4.76. The lowest BCUT2D eigenvalue weighted by atomic mass is 9.86. The molecule has 0 aliphatic carbocycles. The lowest BCUT2D eigenvalue weighted by molar-refractivity contribution is -0.127. The van der Waals surface area contributed by atoms with Gasteiger partial charge in [-0.2, -0.15) is 0 Å². The zero-order valence-corrected chi connectivity index (χ0v) is 14.8. The minimum absolute atomic E-state index is 0.252. The Kier molecular flexibility index (Phi) is 4.67. The highest BCUT2D eigenvalue weighted by molar-refractivity contribution is 6.31. The fourth-order valence-electron chi connectivity index (χ4n) is 3.52. The van der Waals surface area contributed by atoms with Crippen molar-refractivity contribution in [3.8, 4) is 0 Å². The molecule has 0 unspecified atom stereocenters. The zero-order valence-electron chi connectivity index (χ0n) is 14.8. The van der Waals surface area contributed by atoms with E-state index in [4.69, 9.17) is 0 Å². The molecule has 0 aromatic heterocycles. The van der Waals surface area contributed by atoms with E-state index in [1.54, 1.807) is 0 Å². The maximum absolute atomic E-state index is 13.1. The second kappa shape index (κ2) is 7.42. The summed E-state index contributed by atoms with van der Waals surface area (Å²) >= 11 is 0. The van der Waals surface area contributed by atoms with Gasteiger partial charge in [0.15, 0.2) is 0 Å². The highest BCUT2D eigenvalue weighted by atomic mass is 16.2. The number of rotatable bonds is 2. The Bertz CT molecular complexity index is 1020. The fraction of sp³-hybridized carbons (Fsp3) is 0.0833. The third-order valence-corrected chi connectivity index (χ3v) is 4.76. The maximum atomic E-state index is 13.1. The molecule has 3 aromatic carbocycles. The van der Waals surface area contributed by atoms with Crippen molar-refractivity contribution in [2.75, 3.05) is 0 Å². The first-order valence-corrected chi connectivity index (χ1v) is 9.01. The summed E-state index contributed by atoms with van der Waals surface area (Å²) in [6.45, 7) is 0. The molecule has 1 N–H and O–H groups in total. The molecule has 2 amide bonds. The lowest BCUT2D eigenvalue weighted by Gasteiger charge is -2.17. The van der Waals surface area contributed by atoms with Crippen LogP contribution in [0.5, 0.6) is 0 Å². The van der Waals surface area contributed by atoms with E-state index in [1.165, 1.54) is 0 Å². The molecule has 0 bridgehead atoms. The standard InChI is InChI=1S/C24H19NO2/c26-21-16-15-17-9-7-8-14-20(17)22(18-10-3-1-4-11-18)23(24(27)25-21)19-12-5-2-6-13-19/h1-14H,15-16H2,(H,25,26,27)/b23-22-. The van der Waals surface area contributed by atoms with Crippen molar-refractivity contribution in [3.63, 3.8) is 0 Å². The number of amides is 2.